The van der Waals surface area contributed by atoms with Crippen molar-refractivity contribution < 1.29 is 0 Å². The highest BCUT2D eigenvalue weighted by molar-refractivity contribution is 7.09. The van der Waals surface area contributed by atoms with Crippen LogP contribution in [0.2, 0.25) is 0 Å². The van der Waals surface area contributed by atoms with Crippen molar-refractivity contribution >= 4 is 11.3 Å². The molecule has 20 heavy (non-hydrogen) atoms. The highest BCUT2D eigenvalue weighted by Gasteiger charge is 2.20. The van der Waals surface area contributed by atoms with Crippen molar-refractivity contribution in [3.63, 3.8) is 0 Å². The van der Waals surface area contributed by atoms with Gasteiger partial charge in [0.05, 0.1) is 17.2 Å². The predicted octanol–water partition coefficient (Wildman–Crippen LogP) is 3.18. The molecular weight excluding hydrogens is 268 g/mol. The normalized spacial score (nSPS) is 17.6. The minimum atomic E-state index is 0.395. The third-order valence-corrected chi connectivity index (χ3v) is 4.98. The van der Waals surface area contributed by atoms with Crippen LogP contribution in [0.1, 0.15) is 49.2 Å². The molecule has 1 fully saturated rings. The van der Waals surface area contributed by atoms with Crippen molar-refractivity contribution in [1.29, 1.82) is 0 Å². The lowest BCUT2D eigenvalue weighted by atomic mass is 10.1. The van der Waals surface area contributed by atoms with E-state index in [4.69, 9.17) is 4.98 Å². The van der Waals surface area contributed by atoms with Crippen LogP contribution in [0.15, 0.2) is 23.8 Å². The van der Waals surface area contributed by atoms with Gasteiger partial charge in [0.15, 0.2) is 0 Å². The maximum atomic E-state index is 4.79. The average Bonchev–Trinajstić information content (AvgIpc) is 3.18. The lowest BCUT2D eigenvalue weighted by Gasteiger charge is -2.12. The molecule has 1 unspecified atom stereocenters. The van der Waals surface area contributed by atoms with Gasteiger partial charge in [0, 0.05) is 36.3 Å². The summed E-state index contributed by atoms with van der Waals surface area (Å²) >= 11 is 1.84. The van der Waals surface area contributed by atoms with E-state index in [1.165, 1.54) is 36.4 Å². The third kappa shape index (κ3) is 3.46. The van der Waals surface area contributed by atoms with E-state index in [9.17, 15) is 0 Å². The van der Waals surface area contributed by atoms with E-state index >= 15 is 0 Å². The van der Waals surface area contributed by atoms with Crippen molar-refractivity contribution in [2.45, 2.75) is 57.7 Å². The van der Waals surface area contributed by atoms with Crippen LogP contribution in [0.4, 0.5) is 0 Å². The minimum Gasteiger partial charge on any atom is -0.307 e. The Morgan fingerprint density at radius 1 is 1.45 bits per heavy atom. The van der Waals surface area contributed by atoms with Crippen LogP contribution < -0.4 is 5.32 Å². The molecule has 0 saturated heterocycles. The Kier molecular flexibility index (Phi) is 4.47. The lowest BCUT2D eigenvalue weighted by Crippen LogP contribution is -2.30. The van der Waals surface area contributed by atoms with Gasteiger partial charge in [0.2, 0.25) is 0 Å². The van der Waals surface area contributed by atoms with Gasteiger partial charge in [-0.15, -0.1) is 11.3 Å². The molecule has 1 saturated carbocycles. The SMILES string of the molecule is CC(Cn1cccn1)NCc1csc(C2CCCC2)n1. The summed E-state index contributed by atoms with van der Waals surface area (Å²) in [6, 6.07) is 2.35. The molecule has 0 amide bonds. The molecular formula is C15H22N4S. The van der Waals surface area contributed by atoms with Gasteiger partial charge in [0.1, 0.15) is 0 Å². The first kappa shape index (κ1) is 13.8. The fourth-order valence-electron chi connectivity index (χ4n) is 2.80. The van der Waals surface area contributed by atoms with E-state index in [-0.39, 0.29) is 0 Å². The van der Waals surface area contributed by atoms with Crippen LogP contribution >= 0.6 is 11.3 Å². The molecule has 1 aliphatic rings. The number of nitrogens with one attached hydrogen (secondary N) is 1. The van der Waals surface area contributed by atoms with Crippen molar-refractivity contribution in [3.05, 3.63) is 34.5 Å². The number of hydrogen-bond donors (Lipinski definition) is 1. The Morgan fingerprint density at radius 3 is 3.05 bits per heavy atom. The van der Waals surface area contributed by atoms with Gasteiger partial charge in [0.25, 0.3) is 0 Å². The van der Waals surface area contributed by atoms with E-state index in [1.807, 2.05) is 34.5 Å². The summed E-state index contributed by atoms with van der Waals surface area (Å²) in [5.41, 5.74) is 1.18. The molecule has 108 valence electrons. The average molecular weight is 290 g/mol. The zero-order chi connectivity index (χ0) is 13.8. The zero-order valence-electron chi connectivity index (χ0n) is 12.0. The van der Waals surface area contributed by atoms with Crippen LogP contribution in [0.25, 0.3) is 0 Å². The third-order valence-electron chi connectivity index (χ3n) is 3.93. The van der Waals surface area contributed by atoms with Crippen LogP contribution in [0.5, 0.6) is 0 Å². The van der Waals surface area contributed by atoms with Crippen molar-refractivity contribution in [2.75, 3.05) is 0 Å². The number of thiazole rings is 1. The Labute approximate surface area is 124 Å². The van der Waals surface area contributed by atoms with Crippen molar-refractivity contribution in [1.82, 2.24) is 20.1 Å². The van der Waals surface area contributed by atoms with E-state index in [2.05, 4.69) is 22.7 Å². The van der Waals surface area contributed by atoms with E-state index < -0.39 is 0 Å². The van der Waals surface area contributed by atoms with Gasteiger partial charge < -0.3 is 5.32 Å². The Bertz CT molecular complexity index is 514. The first-order valence-electron chi connectivity index (χ1n) is 7.46. The molecule has 1 aliphatic carbocycles. The Morgan fingerprint density at radius 2 is 2.30 bits per heavy atom. The van der Waals surface area contributed by atoms with Crippen LogP contribution in [-0.4, -0.2) is 20.8 Å². The van der Waals surface area contributed by atoms with Crippen molar-refractivity contribution in [2.24, 2.45) is 0 Å². The van der Waals surface area contributed by atoms with E-state index in [0.29, 0.717) is 6.04 Å². The van der Waals surface area contributed by atoms with E-state index in [0.717, 1.165) is 19.0 Å². The summed E-state index contributed by atoms with van der Waals surface area (Å²) in [6.45, 7) is 3.93. The summed E-state index contributed by atoms with van der Waals surface area (Å²) in [4.78, 5) is 4.79. The second-order valence-electron chi connectivity index (χ2n) is 5.67. The largest absolute Gasteiger partial charge is 0.307 e. The molecule has 0 radical (unpaired) electrons. The fraction of sp³-hybridized carbons (Fsp3) is 0.600. The summed E-state index contributed by atoms with van der Waals surface area (Å²) < 4.78 is 1.96. The summed E-state index contributed by atoms with van der Waals surface area (Å²) in [5, 5.41) is 11.3. The van der Waals surface area contributed by atoms with Crippen LogP contribution in [0.3, 0.4) is 0 Å². The molecule has 2 aromatic rings. The molecule has 0 aliphatic heterocycles. The molecule has 2 heterocycles. The summed E-state index contributed by atoms with van der Waals surface area (Å²) in [5.74, 6) is 0.732. The standard InChI is InChI=1S/C15H22N4S/c1-12(10-19-8-4-7-17-19)16-9-14-11-20-15(18-14)13-5-2-3-6-13/h4,7-8,11-13,16H,2-3,5-6,9-10H2,1H3. The first-order valence-corrected chi connectivity index (χ1v) is 8.34. The second kappa shape index (κ2) is 6.50. The highest BCUT2D eigenvalue weighted by Crippen LogP contribution is 2.35. The molecule has 0 spiro atoms. The lowest BCUT2D eigenvalue weighted by molar-refractivity contribution is 0.448. The highest BCUT2D eigenvalue weighted by atomic mass is 32.1. The molecule has 1 atom stereocenters. The van der Waals surface area contributed by atoms with Gasteiger partial charge in [-0.3, -0.25) is 4.68 Å². The number of aromatic nitrogens is 3. The fourth-order valence-corrected chi connectivity index (χ4v) is 3.79. The first-order chi connectivity index (χ1) is 9.81. The zero-order valence-corrected chi connectivity index (χ0v) is 12.8. The van der Waals surface area contributed by atoms with Gasteiger partial charge >= 0.3 is 0 Å². The van der Waals surface area contributed by atoms with Gasteiger partial charge in [-0.25, -0.2) is 4.98 Å². The smallest absolute Gasteiger partial charge is 0.0959 e. The monoisotopic (exact) mass is 290 g/mol. The topological polar surface area (TPSA) is 42.7 Å². The quantitative estimate of drug-likeness (QED) is 0.888. The van der Waals surface area contributed by atoms with Crippen molar-refractivity contribution in [3.8, 4) is 0 Å². The molecule has 5 heteroatoms. The van der Waals surface area contributed by atoms with E-state index in [1.54, 1.807) is 0 Å². The predicted molar refractivity (Wildman–Crippen MR) is 81.9 cm³/mol. The van der Waals surface area contributed by atoms with Gasteiger partial charge in [-0.1, -0.05) is 12.8 Å². The molecule has 4 nitrogen and oxygen atoms in total. The maximum absolute atomic E-state index is 4.79. The molecule has 1 N–H and O–H groups in total. The van der Waals surface area contributed by atoms with Gasteiger partial charge in [-0.2, -0.15) is 5.10 Å². The number of rotatable bonds is 6. The minimum absolute atomic E-state index is 0.395. The second-order valence-corrected chi connectivity index (χ2v) is 6.56. The molecule has 3 rings (SSSR count). The summed E-state index contributed by atoms with van der Waals surface area (Å²) in [6.07, 6.45) is 9.23. The van der Waals surface area contributed by atoms with Crippen LogP contribution in [-0.2, 0) is 13.1 Å². The Balaban J connectivity index is 1.48. The van der Waals surface area contributed by atoms with Crippen LogP contribution in [0, 0.1) is 0 Å². The number of nitrogens with zero attached hydrogens (tertiary/aromatic N) is 3. The molecule has 0 aromatic carbocycles. The molecule has 0 bridgehead atoms. The maximum Gasteiger partial charge on any atom is 0.0959 e. The molecule has 2 aromatic heterocycles. The number of hydrogen-bond acceptors (Lipinski definition) is 4. The van der Waals surface area contributed by atoms with Gasteiger partial charge in [-0.05, 0) is 25.8 Å². The Hall–Kier alpha value is -1.20. The summed E-state index contributed by atoms with van der Waals surface area (Å²) in [7, 11) is 0.